The first-order valence-electron chi connectivity index (χ1n) is 7.28. The molecule has 1 aliphatic heterocycles. The number of ketones is 1. The molecule has 2 rings (SSSR count). The highest BCUT2D eigenvalue weighted by Gasteiger charge is 2.24. The first-order chi connectivity index (χ1) is 9.52. The van der Waals surface area contributed by atoms with Gasteiger partial charge in [-0.15, -0.1) is 0 Å². The van der Waals surface area contributed by atoms with E-state index < -0.39 is 0 Å². The van der Waals surface area contributed by atoms with E-state index in [4.69, 9.17) is 0 Å². The number of piperidine rings is 1. The molecule has 20 heavy (non-hydrogen) atoms. The van der Waals surface area contributed by atoms with Gasteiger partial charge in [0.05, 0.1) is 0 Å². The lowest BCUT2D eigenvalue weighted by molar-refractivity contribution is 0.101. The summed E-state index contributed by atoms with van der Waals surface area (Å²) in [5.74, 6) is -0.439. The van der Waals surface area contributed by atoms with Gasteiger partial charge in [0.1, 0.15) is 5.82 Å². The number of carbonyl (C=O) groups excluding carboxylic acids is 1. The molecular formula is C16H23FN2O. The van der Waals surface area contributed by atoms with Crippen LogP contribution >= 0.6 is 0 Å². The van der Waals surface area contributed by atoms with E-state index >= 15 is 0 Å². The van der Waals surface area contributed by atoms with Crippen molar-refractivity contribution in [1.29, 1.82) is 0 Å². The van der Waals surface area contributed by atoms with Crippen LogP contribution in [0.2, 0.25) is 0 Å². The fourth-order valence-corrected chi connectivity index (χ4v) is 2.92. The van der Waals surface area contributed by atoms with Crippen molar-refractivity contribution in [2.45, 2.75) is 32.7 Å². The molecule has 0 spiro atoms. The minimum atomic E-state index is -0.354. The average molecular weight is 278 g/mol. The van der Waals surface area contributed by atoms with Crippen LogP contribution in [-0.2, 0) is 0 Å². The van der Waals surface area contributed by atoms with Crippen LogP contribution in [-0.4, -0.2) is 43.4 Å². The predicted octanol–water partition coefficient (Wildman–Crippen LogP) is 2.95. The minimum absolute atomic E-state index is 0.0858. The molecule has 0 atom stereocenters. The quantitative estimate of drug-likeness (QED) is 0.791. The van der Waals surface area contributed by atoms with Crippen molar-refractivity contribution >= 4 is 11.5 Å². The standard InChI is InChI=1S/C16H23FN2O/c1-4-19-9-7-14(8-10-19)18(3)16-6-5-13(17)11-15(16)12(2)20/h5-6,11,14H,4,7-10H2,1-3H3. The van der Waals surface area contributed by atoms with Gasteiger partial charge < -0.3 is 9.80 Å². The van der Waals surface area contributed by atoms with Gasteiger partial charge in [-0.3, -0.25) is 4.79 Å². The number of hydrogen-bond donors (Lipinski definition) is 0. The Morgan fingerprint density at radius 2 is 2.05 bits per heavy atom. The Morgan fingerprint density at radius 1 is 1.40 bits per heavy atom. The molecule has 1 aromatic rings. The van der Waals surface area contributed by atoms with Crippen molar-refractivity contribution in [2.24, 2.45) is 0 Å². The largest absolute Gasteiger partial charge is 0.371 e. The molecule has 0 bridgehead atoms. The van der Waals surface area contributed by atoms with E-state index in [2.05, 4.69) is 16.7 Å². The summed E-state index contributed by atoms with van der Waals surface area (Å²) in [4.78, 5) is 16.3. The number of rotatable bonds is 4. The third-order valence-corrected chi connectivity index (χ3v) is 4.27. The Labute approximate surface area is 120 Å². The highest BCUT2D eigenvalue weighted by atomic mass is 19.1. The second-order valence-corrected chi connectivity index (χ2v) is 5.49. The Balaban J connectivity index is 2.17. The van der Waals surface area contributed by atoms with Gasteiger partial charge in [0.15, 0.2) is 5.78 Å². The number of anilines is 1. The molecule has 0 aliphatic carbocycles. The van der Waals surface area contributed by atoms with Crippen molar-refractivity contribution in [1.82, 2.24) is 4.90 Å². The Kier molecular flexibility index (Phi) is 4.76. The van der Waals surface area contributed by atoms with Gasteiger partial charge in [0, 0.05) is 37.4 Å². The Bertz CT molecular complexity index is 481. The molecule has 1 aromatic carbocycles. The van der Waals surface area contributed by atoms with Crippen molar-refractivity contribution < 1.29 is 9.18 Å². The lowest BCUT2D eigenvalue weighted by atomic mass is 10.0. The molecule has 0 saturated carbocycles. The number of nitrogens with zero attached hydrogens (tertiary/aromatic N) is 2. The van der Waals surface area contributed by atoms with E-state index in [1.54, 1.807) is 6.07 Å². The summed E-state index contributed by atoms with van der Waals surface area (Å²) in [6.07, 6.45) is 2.16. The molecule has 1 heterocycles. The molecule has 0 amide bonds. The minimum Gasteiger partial charge on any atom is -0.371 e. The maximum Gasteiger partial charge on any atom is 0.161 e. The normalized spacial score (nSPS) is 17.2. The lowest BCUT2D eigenvalue weighted by Gasteiger charge is -2.38. The van der Waals surface area contributed by atoms with Crippen LogP contribution in [0.1, 0.15) is 37.0 Å². The predicted molar refractivity (Wildman–Crippen MR) is 79.9 cm³/mol. The highest BCUT2D eigenvalue weighted by Crippen LogP contribution is 2.26. The zero-order valence-electron chi connectivity index (χ0n) is 12.5. The first kappa shape index (κ1) is 15.0. The highest BCUT2D eigenvalue weighted by molar-refractivity contribution is 5.99. The summed E-state index contributed by atoms with van der Waals surface area (Å²) in [6, 6.07) is 4.91. The average Bonchev–Trinajstić information content (AvgIpc) is 2.46. The maximum atomic E-state index is 13.3. The molecule has 0 N–H and O–H groups in total. The van der Waals surface area contributed by atoms with Gasteiger partial charge in [-0.25, -0.2) is 4.39 Å². The molecule has 1 saturated heterocycles. The molecule has 0 unspecified atom stereocenters. The van der Waals surface area contributed by atoms with Crippen LogP contribution in [0.25, 0.3) is 0 Å². The summed E-state index contributed by atoms with van der Waals surface area (Å²) in [7, 11) is 2.01. The third-order valence-electron chi connectivity index (χ3n) is 4.27. The van der Waals surface area contributed by atoms with E-state index in [1.807, 2.05) is 7.05 Å². The van der Waals surface area contributed by atoms with Gasteiger partial charge in [0.2, 0.25) is 0 Å². The number of benzene rings is 1. The van der Waals surface area contributed by atoms with Crippen molar-refractivity contribution in [3.63, 3.8) is 0 Å². The molecule has 110 valence electrons. The van der Waals surface area contributed by atoms with Crippen LogP contribution in [0.15, 0.2) is 18.2 Å². The van der Waals surface area contributed by atoms with E-state index in [0.29, 0.717) is 11.6 Å². The van der Waals surface area contributed by atoms with Crippen molar-refractivity contribution in [3.8, 4) is 0 Å². The third kappa shape index (κ3) is 3.18. The number of hydrogen-bond acceptors (Lipinski definition) is 3. The van der Waals surface area contributed by atoms with Crippen LogP contribution in [0.3, 0.4) is 0 Å². The Morgan fingerprint density at radius 3 is 2.60 bits per heavy atom. The van der Waals surface area contributed by atoms with Gasteiger partial charge in [0.25, 0.3) is 0 Å². The van der Waals surface area contributed by atoms with E-state index in [1.165, 1.54) is 19.1 Å². The zero-order chi connectivity index (χ0) is 14.7. The smallest absolute Gasteiger partial charge is 0.161 e. The van der Waals surface area contributed by atoms with E-state index in [0.717, 1.165) is 38.2 Å². The van der Waals surface area contributed by atoms with Crippen LogP contribution in [0, 0.1) is 5.82 Å². The second kappa shape index (κ2) is 6.35. The zero-order valence-corrected chi connectivity index (χ0v) is 12.5. The van der Waals surface area contributed by atoms with Gasteiger partial charge in [-0.1, -0.05) is 6.92 Å². The monoisotopic (exact) mass is 278 g/mol. The number of carbonyl (C=O) groups is 1. The summed E-state index contributed by atoms with van der Waals surface area (Å²) in [5.41, 5.74) is 1.32. The van der Waals surface area contributed by atoms with Crippen molar-refractivity contribution in [3.05, 3.63) is 29.6 Å². The summed E-state index contributed by atoms with van der Waals surface area (Å²) in [6.45, 7) is 6.93. The molecule has 1 fully saturated rings. The summed E-state index contributed by atoms with van der Waals surface area (Å²) < 4.78 is 13.3. The molecule has 0 aromatic heterocycles. The topological polar surface area (TPSA) is 23.6 Å². The van der Waals surface area contributed by atoms with Gasteiger partial charge in [-0.05, 0) is 44.5 Å². The lowest BCUT2D eigenvalue weighted by Crippen LogP contribution is -2.43. The molecule has 1 aliphatic rings. The van der Waals surface area contributed by atoms with E-state index in [-0.39, 0.29) is 11.6 Å². The summed E-state index contributed by atoms with van der Waals surface area (Å²) in [5, 5.41) is 0. The molecule has 0 radical (unpaired) electrons. The second-order valence-electron chi connectivity index (χ2n) is 5.49. The number of halogens is 1. The maximum absolute atomic E-state index is 13.3. The number of Topliss-reactive ketones (excluding diaryl/α,β-unsaturated/α-hetero) is 1. The molecular weight excluding hydrogens is 255 g/mol. The van der Waals surface area contributed by atoms with Gasteiger partial charge >= 0.3 is 0 Å². The Hall–Kier alpha value is -1.42. The van der Waals surface area contributed by atoms with Crippen LogP contribution in [0.4, 0.5) is 10.1 Å². The van der Waals surface area contributed by atoms with Gasteiger partial charge in [-0.2, -0.15) is 0 Å². The number of likely N-dealkylation sites (tertiary alicyclic amines) is 1. The fraction of sp³-hybridized carbons (Fsp3) is 0.562. The molecule has 3 nitrogen and oxygen atoms in total. The summed E-state index contributed by atoms with van der Waals surface area (Å²) >= 11 is 0. The first-order valence-corrected chi connectivity index (χ1v) is 7.28. The van der Waals surface area contributed by atoms with Crippen LogP contribution in [0.5, 0.6) is 0 Å². The van der Waals surface area contributed by atoms with Crippen molar-refractivity contribution in [2.75, 3.05) is 31.6 Å². The van der Waals surface area contributed by atoms with Crippen LogP contribution < -0.4 is 4.90 Å². The van der Waals surface area contributed by atoms with E-state index in [9.17, 15) is 9.18 Å². The molecule has 4 heteroatoms. The fourth-order valence-electron chi connectivity index (χ4n) is 2.92. The SMILES string of the molecule is CCN1CCC(N(C)c2ccc(F)cc2C(C)=O)CC1.